The third-order valence-corrected chi connectivity index (χ3v) is 1.82. The van der Waals surface area contributed by atoms with Crippen LogP contribution in [0.2, 0.25) is 0 Å². The van der Waals surface area contributed by atoms with Gasteiger partial charge in [-0.05, 0) is 0 Å². The summed E-state index contributed by atoms with van der Waals surface area (Å²) < 4.78 is 0. The maximum absolute atomic E-state index is 11.8. The Morgan fingerprint density at radius 2 is 1.69 bits per heavy atom. The molecule has 16 heavy (non-hydrogen) atoms. The predicted octanol–water partition coefficient (Wildman–Crippen LogP) is 4.19. The van der Waals surface area contributed by atoms with Crippen molar-refractivity contribution in [1.82, 2.24) is 0 Å². The molecule has 0 fully saturated rings. The maximum Gasteiger partial charge on any atom is 0.192 e. The van der Waals surface area contributed by atoms with E-state index in [9.17, 15) is 4.79 Å². The highest BCUT2D eigenvalue weighted by molar-refractivity contribution is 6.10. The molecular formula is C15H18O. The lowest BCUT2D eigenvalue weighted by Crippen LogP contribution is -2.00. The van der Waals surface area contributed by atoms with Gasteiger partial charge in [-0.1, -0.05) is 75.6 Å². The standard InChI is InChI=1S/C13H12O.C2H6/c1-3-8-11(4-2)13(14)12-9-6-5-7-10-12;1-2/h3-10H,1-2H2;1-2H3/b11-8+;. The average Bonchev–Trinajstić information content (AvgIpc) is 2.38. The first-order valence-electron chi connectivity index (χ1n) is 5.34. The number of carbonyl (C=O) groups is 1. The van der Waals surface area contributed by atoms with Crippen molar-refractivity contribution in [3.63, 3.8) is 0 Å². The van der Waals surface area contributed by atoms with Crippen LogP contribution in [0.15, 0.2) is 67.3 Å². The Morgan fingerprint density at radius 1 is 1.12 bits per heavy atom. The summed E-state index contributed by atoms with van der Waals surface area (Å²) in [7, 11) is 0. The van der Waals surface area contributed by atoms with Gasteiger partial charge in [-0.2, -0.15) is 0 Å². The molecule has 0 atom stereocenters. The molecule has 1 rings (SSSR count). The van der Waals surface area contributed by atoms with Crippen LogP contribution in [0.25, 0.3) is 0 Å². The Morgan fingerprint density at radius 3 is 2.12 bits per heavy atom. The minimum Gasteiger partial charge on any atom is -0.289 e. The molecule has 0 aliphatic rings. The molecule has 1 nitrogen and oxygen atoms in total. The summed E-state index contributed by atoms with van der Waals surface area (Å²) in [5.74, 6) is -0.0273. The number of ketones is 1. The molecule has 1 aromatic rings. The Bertz CT molecular complexity index is 372. The van der Waals surface area contributed by atoms with Crippen LogP contribution in [0.5, 0.6) is 0 Å². The summed E-state index contributed by atoms with van der Waals surface area (Å²) in [4.78, 5) is 11.8. The van der Waals surface area contributed by atoms with Crippen molar-refractivity contribution in [1.29, 1.82) is 0 Å². The van der Waals surface area contributed by atoms with E-state index in [0.717, 1.165) is 0 Å². The number of rotatable bonds is 4. The maximum atomic E-state index is 11.8. The number of Topliss-reactive ketones (excluding diaryl/α,β-unsaturated/α-hetero) is 1. The fourth-order valence-corrected chi connectivity index (χ4v) is 1.12. The lowest BCUT2D eigenvalue weighted by atomic mass is 10.0. The van der Waals surface area contributed by atoms with Crippen LogP contribution in [0.1, 0.15) is 24.2 Å². The van der Waals surface area contributed by atoms with Gasteiger partial charge in [0.2, 0.25) is 0 Å². The summed E-state index contributed by atoms with van der Waals surface area (Å²) in [6.07, 6.45) is 4.78. The Kier molecular flexibility index (Phi) is 7.43. The van der Waals surface area contributed by atoms with Crippen LogP contribution in [0.4, 0.5) is 0 Å². The highest BCUT2D eigenvalue weighted by Gasteiger charge is 2.06. The van der Waals surface area contributed by atoms with Crippen molar-refractivity contribution in [3.05, 3.63) is 72.9 Å². The number of hydrogen-bond acceptors (Lipinski definition) is 1. The molecule has 0 aliphatic heterocycles. The van der Waals surface area contributed by atoms with Gasteiger partial charge < -0.3 is 0 Å². The van der Waals surface area contributed by atoms with Crippen molar-refractivity contribution in [2.24, 2.45) is 0 Å². The third kappa shape index (κ3) is 4.09. The second-order valence-electron chi connectivity index (χ2n) is 2.76. The van der Waals surface area contributed by atoms with Gasteiger partial charge in [0, 0.05) is 11.1 Å². The first-order chi connectivity index (χ1) is 7.79. The van der Waals surface area contributed by atoms with Gasteiger partial charge in [-0.25, -0.2) is 0 Å². The van der Waals surface area contributed by atoms with E-state index in [0.29, 0.717) is 11.1 Å². The number of carbonyl (C=O) groups excluding carboxylic acids is 1. The Labute approximate surface area is 97.8 Å². The van der Waals surface area contributed by atoms with Gasteiger partial charge in [0.25, 0.3) is 0 Å². The highest BCUT2D eigenvalue weighted by Crippen LogP contribution is 2.08. The molecule has 0 N–H and O–H groups in total. The first kappa shape index (κ1) is 14.1. The largest absolute Gasteiger partial charge is 0.289 e. The molecule has 0 aliphatic carbocycles. The summed E-state index contributed by atoms with van der Waals surface area (Å²) in [5, 5.41) is 0. The van der Waals surface area contributed by atoms with Crippen LogP contribution < -0.4 is 0 Å². The zero-order chi connectivity index (χ0) is 12.4. The summed E-state index contributed by atoms with van der Waals surface area (Å²) >= 11 is 0. The minimum absolute atomic E-state index is 0.0273. The minimum atomic E-state index is -0.0273. The Hall–Kier alpha value is -1.89. The smallest absolute Gasteiger partial charge is 0.192 e. The molecule has 0 saturated heterocycles. The summed E-state index contributed by atoms with van der Waals surface area (Å²) in [6, 6.07) is 9.11. The zero-order valence-electron chi connectivity index (χ0n) is 9.94. The molecule has 0 heterocycles. The quantitative estimate of drug-likeness (QED) is 0.417. The molecule has 1 heteroatoms. The SMILES string of the molecule is C=C/C=C(\C=C)C(=O)c1ccccc1.CC. The van der Waals surface area contributed by atoms with Gasteiger partial charge in [0.15, 0.2) is 5.78 Å². The fourth-order valence-electron chi connectivity index (χ4n) is 1.12. The predicted molar refractivity (Wildman–Crippen MR) is 70.6 cm³/mol. The third-order valence-electron chi connectivity index (χ3n) is 1.82. The molecular weight excluding hydrogens is 196 g/mol. The zero-order valence-corrected chi connectivity index (χ0v) is 9.94. The van der Waals surface area contributed by atoms with E-state index >= 15 is 0 Å². The van der Waals surface area contributed by atoms with E-state index < -0.39 is 0 Å². The van der Waals surface area contributed by atoms with Gasteiger partial charge in [-0.15, -0.1) is 0 Å². The molecule has 0 saturated carbocycles. The van der Waals surface area contributed by atoms with E-state index in [1.807, 2.05) is 32.0 Å². The van der Waals surface area contributed by atoms with Crippen LogP contribution in [0, 0.1) is 0 Å². The molecule has 0 amide bonds. The molecule has 84 valence electrons. The lowest BCUT2D eigenvalue weighted by Gasteiger charge is -1.99. The number of benzene rings is 1. The van der Waals surface area contributed by atoms with Gasteiger partial charge in [0.1, 0.15) is 0 Å². The molecule has 0 aromatic heterocycles. The van der Waals surface area contributed by atoms with Gasteiger partial charge >= 0.3 is 0 Å². The highest BCUT2D eigenvalue weighted by atomic mass is 16.1. The second-order valence-corrected chi connectivity index (χ2v) is 2.76. The Balaban J connectivity index is 0.00000106. The van der Waals surface area contributed by atoms with Gasteiger partial charge in [0.05, 0.1) is 0 Å². The normalized spacial score (nSPS) is 9.75. The van der Waals surface area contributed by atoms with Crippen molar-refractivity contribution < 1.29 is 4.79 Å². The first-order valence-corrected chi connectivity index (χ1v) is 5.34. The van der Waals surface area contributed by atoms with Crippen LogP contribution in [-0.2, 0) is 0 Å². The van der Waals surface area contributed by atoms with E-state index in [2.05, 4.69) is 13.2 Å². The number of hydrogen-bond donors (Lipinski definition) is 0. The monoisotopic (exact) mass is 214 g/mol. The summed E-state index contributed by atoms with van der Waals surface area (Å²) in [6.45, 7) is 11.1. The lowest BCUT2D eigenvalue weighted by molar-refractivity contribution is 0.103. The average molecular weight is 214 g/mol. The van der Waals surface area contributed by atoms with Gasteiger partial charge in [-0.3, -0.25) is 4.79 Å². The fraction of sp³-hybridized carbons (Fsp3) is 0.133. The van der Waals surface area contributed by atoms with Crippen molar-refractivity contribution in [2.45, 2.75) is 13.8 Å². The topological polar surface area (TPSA) is 17.1 Å². The molecule has 0 radical (unpaired) electrons. The van der Waals surface area contributed by atoms with E-state index in [-0.39, 0.29) is 5.78 Å². The molecule has 1 aromatic carbocycles. The number of allylic oxidation sites excluding steroid dienone is 4. The van der Waals surface area contributed by atoms with Crippen molar-refractivity contribution in [2.75, 3.05) is 0 Å². The van der Waals surface area contributed by atoms with E-state index in [4.69, 9.17) is 0 Å². The van der Waals surface area contributed by atoms with Crippen molar-refractivity contribution >= 4 is 5.78 Å². The van der Waals surface area contributed by atoms with Crippen LogP contribution in [0.3, 0.4) is 0 Å². The van der Waals surface area contributed by atoms with E-state index in [1.165, 1.54) is 6.08 Å². The molecule has 0 unspecified atom stereocenters. The molecule has 0 bridgehead atoms. The van der Waals surface area contributed by atoms with Crippen LogP contribution in [-0.4, -0.2) is 5.78 Å². The summed E-state index contributed by atoms with van der Waals surface area (Å²) in [5.41, 5.74) is 1.23. The van der Waals surface area contributed by atoms with Crippen molar-refractivity contribution in [3.8, 4) is 0 Å². The molecule has 0 spiro atoms. The second kappa shape index (κ2) is 8.42. The van der Waals surface area contributed by atoms with Crippen LogP contribution >= 0.6 is 0 Å². The van der Waals surface area contributed by atoms with E-state index in [1.54, 1.807) is 24.3 Å².